The van der Waals surface area contributed by atoms with Crippen molar-refractivity contribution in [3.63, 3.8) is 0 Å². The van der Waals surface area contributed by atoms with Gasteiger partial charge < -0.3 is 14.7 Å². The quantitative estimate of drug-likeness (QED) is 0.907. The van der Waals surface area contributed by atoms with Crippen molar-refractivity contribution in [1.29, 1.82) is 0 Å². The molecule has 0 saturated carbocycles. The average Bonchev–Trinajstić information content (AvgIpc) is 2.78. The van der Waals surface area contributed by atoms with Crippen molar-refractivity contribution in [2.45, 2.75) is 24.8 Å². The van der Waals surface area contributed by atoms with E-state index < -0.39 is 12.0 Å². The van der Waals surface area contributed by atoms with E-state index in [1.165, 1.54) is 18.2 Å². The third-order valence-corrected chi connectivity index (χ3v) is 4.32. The van der Waals surface area contributed by atoms with E-state index in [9.17, 15) is 18.3 Å². The Hall–Kier alpha value is -1.27. The second-order valence-corrected chi connectivity index (χ2v) is 5.54. The van der Waals surface area contributed by atoms with E-state index in [4.69, 9.17) is 0 Å². The number of aliphatic hydroxyl groups is 1. The topological polar surface area (TPSA) is 32.7 Å². The maximum atomic E-state index is 12.3. The molecule has 2 bridgehead atoms. The maximum Gasteiger partial charge on any atom is 0.573 e. The highest BCUT2D eigenvalue weighted by atomic mass is 19.4. The van der Waals surface area contributed by atoms with Gasteiger partial charge in [-0.25, -0.2) is 0 Å². The van der Waals surface area contributed by atoms with E-state index in [0.29, 0.717) is 12.0 Å². The lowest BCUT2D eigenvalue weighted by Crippen LogP contribution is -2.44. The van der Waals surface area contributed by atoms with Gasteiger partial charge in [-0.3, -0.25) is 0 Å². The summed E-state index contributed by atoms with van der Waals surface area (Å²) in [5.41, 5.74) is -0.524. The van der Waals surface area contributed by atoms with Crippen LogP contribution in [0.3, 0.4) is 0 Å². The highest BCUT2D eigenvalue weighted by Crippen LogP contribution is 2.43. The Kier molecular flexibility index (Phi) is 3.17. The van der Waals surface area contributed by atoms with Crippen LogP contribution in [0.4, 0.5) is 13.2 Å². The Bertz CT molecular complexity index is 505. The number of rotatable bonds is 2. The summed E-state index contributed by atoms with van der Waals surface area (Å²) in [6, 6.07) is 5.73. The van der Waals surface area contributed by atoms with Gasteiger partial charge >= 0.3 is 6.36 Å². The van der Waals surface area contributed by atoms with E-state index in [2.05, 4.69) is 9.64 Å². The van der Waals surface area contributed by atoms with Crippen molar-refractivity contribution in [3.05, 3.63) is 29.8 Å². The molecule has 3 nitrogen and oxygen atoms in total. The average molecular weight is 287 g/mol. The molecule has 2 heterocycles. The predicted octanol–water partition coefficient (Wildman–Crippen LogP) is 2.50. The number of hydrogen-bond acceptors (Lipinski definition) is 3. The van der Waals surface area contributed by atoms with Gasteiger partial charge in [-0.15, -0.1) is 13.2 Å². The Balaban J connectivity index is 1.88. The number of fused-ring (bicyclic) bond motifs is 2. The molecule has 2 aliphatic heterocycles. The zero-order valence-electron chi connectivity index (χ0n) is 10.9. The van der Waals surface area contributed by atoms with Gasteiger partial charge in [-0.1, -0.05) is 12.1 Å². The lowest BCUT2D eigenvalue weighted by atomic mass is 9.77. The number of halogens is 3. The number of alkyl halides is 3. The summed E-state index contributed by atoms with van der Waals surface area (Å²) in [7, 11) is 0. The molecule has 2 aliphatic rings. The SMILES string of the molecule is OC1(c2cccc(OC(F)(F)F)c2)CCN2CCC1C2. The Morgan fingerprint density at radius 1 is 1.30 bits per heavy atom. The Morgan fingerprint density at radius 3 is 2.85 bits per heavy atom. The summed E-state index contributed by atoms with van der Waals surface area (Å²) < 4.78 is 40.7. The van der Waals surface area contributed by atoms with Crippen LogP contribution in [0.25, 0.3) is 0 Å². The number of nitrogens with zero attached hydrogens (tertiary/aromatic N) is 1. The van der Waals surface area contributed by atoms with Gasteiger partial charge in [-0.2, -0.15) is 0 Å². The molecule has 1 N–H and O–H groups in total. The van der Waals surface area contributed by atoms with Gasteiger partial charge in [0, 0.05) is 19.0 Å². The molecule has 0 aliphatic carbocycles. The molecule has 0 radical (unpaired) electrons. The van der Waals surface area contributed by atoms with Gasteiger partial charge in [0.2, 0.25) is 0 Å². The van der Waals surface area contributed by atoms with Crippen LogP contribution in [-0.4, -0.2) is 36.0 Å². The first kappa shape index (κ1) is 13.7. The van der Waals surface area contributed by atoms with E-state index in [-0.39, 0.29) is 11.7 Å². The monoisotopic (exact) mass is 287 g/mol. The minimum absolute atomic E-state index is 0.0809. The molecule has 3 atom stereocenters. The molecule has 6 heteroatoms. The largest absolute Gasteiger partial charge is 0.573 e. The number of ether oxygens (including phenoxy) is 1. The Morgan fingerprint density at radius 2 is 2.10 bits per heavy atom. The highest BCUT2D eigenvalue weighted by Gasteiger charge is 2.46. The molecule has 20 heavy (non-hydrogen) atoms. The summed E-state index contributed by atoms with van der Waals surface area (Å²) in [4.78, 5) is 2.27. The summed E-state index contributed by atoms with van der Waals surface area (Å²) in [5.74, 6) is -0.193. The van der Waals surface area contributed by atoms with Crippen LogP contribution in [0.1, 0.15) is 18.4 Å². The zero-order chi connectivity index (χ0) is 14.4. The van der Waals surface area contributed by atoms with Crippen molar-refractivity contribution < 1.29 is 23.0 Å². The van der Waals surface area contributed by atoms with Crippen molar-refractivity contribution in [1.82, 2.24) is 4.90 Å². The molecule has 0 aromatic heterocycles. The van der Waals surface area contributed by atoms with E-state index in [1.54, 1.807) is 6.07 Å². The summed E-state index contributed by atoms with van der Waals surface area (Å²) >= 11 is 0. The minimum Gasteiger partial charge on any atom is -0.406 e. The van der Waals surface area contributed by atoms with Crippen LogP contribution in [0, 0.1) is 5.92 Å². The maximum absolute atomic E-state index is 12.3. The molecule has 3 unspecified atom stereocenters. The third-order valence-electron chi connectivity index (χ3n) is 4.32. The fourth-order valence-corrected chi connectivity index (χ4v) is 3.30. The molecular weight excluding hydrogens is 271 g/mol. The van der Waals surface area contributed by atoms with Crippen molar-refractivity contribution in [2.24, 2.45) is 5.92 Å². The number of hydrogen-bond donors (Lipinski definition) is 1. The van der Waals surface area contributed by atoms with Crippen LogP contribution in [0.15, 0.2) is 24.3 Å². The molecule has 3 rings (SSSR count). The minimum atomic E-state index is -4.71. The van der Waals surface area contributed by atoms with Crippen LogP contribution in [0.2, 0.25) is 0 Å². The van der Waals surface area contributed by atoms with Crippen LogP contribution >= 0.6 is 0 Å². The zero-order valence-corrected chi connectivity index (χ0v) is 10.9. The van der Waals surface area contributed by atoms with Crippen molar-refractivity contribution in [2.75, 3.05) is 19.6 Å². The van der Waals surface area contributed by atoms with E-state index >= 15 is 0 Å². The Labute approximate surface area is 115 Å². The van der Waals surface area contributed by atoms with Crippen LogP contribution in [0.5, 0.6) is 5.75 Å². The normalized spacial score (nSPS) is 33.2. The first-order chi connectivity index (χ1) is 9.37. The lowest BCUT2D eigenvalue weighted by Gasteiger charge is -2.39. The van der Waals surface area contributed by atoms with Crippen molar-refractivity contribution >= 4 is 0 Å². The van der Waals surface area contributed by atoms with Crippen molar-refractivity contribution in [3.8, 4) is 5.75 Å². The fraction of sp³-hybridized carbons (Fsp3) is 0.571. The van der Waals surface area contributed by atoms with Crippen LogP contribution in [-0.2, 0) is 5.60 Å². The highest BCUT2D eigenvalue weighted by molar-refractivity contribution is 5.34. The summed E-state index contributed by atoms with van der Waals surface area (Å²) in [5, 5.41) is 10.9. The first-order valence-corrected chi connectivity index (χ1v) is 6.68. The van der Waals surface area contributed by atoms with Gasteiger partial charge in [-0.05, 0) is 37.1 Å². The molecule has 0 spiro atoms. The molecule has 110 valence electrons. The molecule has 2 fully saturated rings. The fourth-order valence-electron chi connectivity index (χ4n) is 3.30. The predicted molar refractivity (Wildman–Crippen MR) is 66.2 cm³/mol. The lowest BCUT2D eigenvalue weighted by molar-refractivity contribution is -0.274. The third kappa shape index (κ3) is 2.50. The molecule has 1 aromatic rings. The standard InChI is InChI=1S/C14H16F3NO2/c15-14(16,17)20-12-3-1-2-10(8-12)13(19)5-7-18-6-4-11(13)9-18/h1-3,8,11,19H,4-7,9H2. The summed E-state index contributed by atoms with van der Waals surface area (Å²) in [6.07, 6.45) is -3.29. The van der Waals surface area contributed by atoms with Gasteiger partial charge in [0.05, 0.1) is 5.60 Å². The van der Waals surface area contributed by atoms with Gasteiger partial charge in [0.25, 0.3) is 0 Å². The molecule has 1 aromatic carbocycles. The van der Waals surface area contributed by atoms with E-state index in [1.807, 2.05) is 0 Å². The van der Waals surface area contributed by atoms with Gasteiger partial charge in [0.15, 0.2) is 0 Å². The molecular formula is C14H16F3NO2. The molecule has 0 amide bonds. The number of piperidine rings is 1. The van der Waals surface area contributed by atoms with E-state index in [0.717, 1.165) is 26.1 Å². The second-order valence-electron chi connectivity index (χ2n) is 5.54. The first-order valence-electron chi connectivity index (χ1n) is 6.68. The van der Waals surface area contributed by atoms with Crippen LogP contribution < -0.4 is 4.74 Å². The molecule has 2 saturated heterocycles. The van der Waals surface area contributed by atoms with Gasteiger partial charge in [0.1, 0.15) is 5.75 Å². The second kappa shape index (κ2) is 4.63. The summed E-state index contributed by atoms with van der Waals surface area (Å²) in [6.45, 7) is 2.53. The number of benzene rings is 1. The smallest absolute Gasteiger partial charge is 0.406 e.